The average Bonchev–Trinajstić information content (AvgIpc) is 2.89. The summed E-state index contributed by atoms with van der Waals surface area (Å²) >= 11 is 0. The molecule has 1 unspecified atom stereocenters. The lowest BCUT2D eigenvalue weighted by Gasteiger charge is -2.09. The summed E-state index contributed by atoms with van der Waals surface area (Å²) in [5, 5.41) is 4.19. The van der Waals surface area contributed by atoms with E-state index in [1.807, 2.05) is 13.1 Å². The molecule has 1 heterocycles. The van der Waals surface area contributed by atoms with E-state index < -0.39 is 0 Å². The molecule has 0 spiro atoms. The first kappa shape index (κ1) is 14.6. The number of aryl methyl sites for hydroxylation is 1. The Morgan fingerprint density at radius 1 is 1.40 bits per heavy atom. The number of carbonyl (C=O) groups is 1. The Hall–Kier alpha value is -1.81. The van der Waals surface area contributed by atoms with E-state index in [4.69, 9.17) is 5.73 Å². The molecule has 0 saturated heterocycles. The molecule has 108 valence electrons. The summed E-state index contributed by atoms with van der Waals surface area (Å²) in [6, 6.07) is 6.37. The molecule has 0 fully saturated rings. The third kappa shape index (κ3) is 3.02. The highest BCUT2D eigenvalue weighted by Crippen LogP contribution is 2.22. The summed E-state index contributed by atoms with van der Waals surface area (Å²) in [4.78, 5) is 15.0. The molecular weight excluding hydrogens is 250 g/mol. The van der Waals surface area contributed by atoms with E-state index in [-0.39, 0.29) is 11.8 Å². The van der Waals surface area contributed by atoms with Gasteiger partial charge in [-0.2, -0.15) is 0 Å². The van der Waals surface area contributed by atoms with Crippen LogP contribution in [0.3, 0.4) is 0 Å². The normalized spacial score (nSPS) is 12.6. The fraction of sp³-hybridized carbons (Fsp3) is 0.438. The predicted octanol–water partition coefficient (Wildman–Crippen LogP) is 1.98. The first-order valence-corrected chi connectivity index (χ1v) is 7.23. The van der Waals surface area contributed by atoms with Crippen molar-refractivity contribution < 1.29 is 4.79 Å². The molecule has 20 heavy (non-hydrogen) atoms. The number of hydrogen-bond donors (Lipinski definition) is 3. The number of nitrogens with two attached hydrogens (primary N) is 1. The molecule has 1 aromatic carbocycles. The molecule has 4 nitrogen and oxygen atoms in total. The quantitative estimate of drug-likeness (QED) is 0.753. The number of carbonyl (C=O) groups excluding carboxylic acids is 1. The second-order valence-electron chi connectivity index (χ2n) is 5.18. The van der Waals surface area contributed by atoms with Crippen LogP contribution in [0.1, 0.15) is 25.0 Å². The zero-order chi connectivity index (χ0) is 14.5. The Kier molecular flexibility index (Phi) is 4.79. The van der Waals surface area contributed by atoms with Gasteiger partial charge in [0.1, 0.15) is 0 Å². The van der Waals surface area contributed by atoms with Crippen LogP contribution in [-0.2, 0) is 17.6 Å². The first-order valence-electron chi connectivity index (χ1n) is 7.23. The number of fused-ring (bicyclic) bond motifs is 1. The monoisotopic (exact) mass is 273 g/mol. The molecule has 4 heteroatoms. The molecule has 0 bridgehead atoms. The summed E-state index contributed by atoms with van der Waals surface area (Å²) in [5.74, 6) is -0.0914. The molecular formula is C16H23N3O. The van der Waals surface area contributed by atoms with Crippen LogP contribution in [0.15, 0.2) is 24.4 Å². The Bertz CT molecular complexity index is 588. The molecule has 1 amide bonds. The van der Waals surface area contributed by atoms with E-state index in [1.54, 1.807) is 0 Å². The summed E-state index contributed by atoms with van der Waals surface area (Å²) < 4.78 is 0. The largest absolute Gasteiger partial charge is 0.361 e. The van der Waals surface area contributed by atoms with Crippen molar-refractivity contribution in [2.45, 2.75) is 26.7 Å². The second-order valence-corrected chi connectivity index (χ2v) is 5.18. The minimum absolute atomic E-state index is 0.0292. The molecule has 0 radical (unpaired) electrons. The maximum atomic E-state index is 11.7. The first-order chi connectivity index (χ1) is 9.67. The number of H-pyrrole nitrogens is 1. The van der Waals surface area contributed by atoms with Crippen molar-refractivity contribution >= 4 is 16.8 Å². The van der Waals surface area contributed by atoms with Crippen LogP contribution < -0.4 is 11.1 Å². The third-order valence-electron chi connectivity index (χ3n) is 3.76. The Morgan fingerprint density at radius 2 is 2.20 bits per heavy atom. The molecule has 1 aromatic heterocycles. The van der Waals surface area contributed by atoms with Crippen LogP contribution in [0.25, 0.3) is 10.9 Å². The number of para-hydroxylation sites is 1. The van der Waals surface area contributed by atoms with Gasteiger partial charge in [0.05, 0.1) is 0 Å². The van der Waals surface area contributed by atoms with Gasteiger partial charge in [-0.15, -0.1) is 0 Å². The van der Waals surface area contributed by atoms with E-state index in [0.717, 1.165) is 12.8 Å². The standard InChI is InChI=1S/C16H23N3O/c1-3-12-5-4-6-14-13(10-19-15(12)14)7-8-18-16(20)11(2)9-17/h4-6,10-11,19H,3,7-9,17H2,1-2H3,(H,18,20). The number of aromatic amines is 1. The fourth-order valence-corrected chi connectivity index (χ4v) is 2.38. The van der Waals surface area contributed by atoms with Gasteiger partial charge < -0.3 is 16.0 Å². The molecule has 0 saturated carbocycles. The van der Waals surface area contributed by atoms with Gasteiger partial charge in [0.15, 0.2) is 0 Å². The highest BCUT2D eigenvalue weighted by Gasteiger charge is 2.10. The number of amides is 1. The highest BCUT2D eigenvalue weighted by molar-refractivity contribution is 5.86. The summed E-state index contributed by atoms with van der Waals surface area (Å²) in [6.45, 7) is 5.03. The fourth-order valence-electron chi connectivity index (χ4n) is 2.38. The zero-order valence-electron chi connectivity index (χ0n) is 12.2. The van der Waals surface area contributed by atoms with Crippen molar-refractivity contribution in [1.82, 2.24) is 10.3 Å². The van der Waals surface area contributed by atoms with Crippen LogP contribution in [0, 0.1) is 5.92 Å². The van der Waals surface area contributed by atoms with Gasteiger partial charge in [-0.1, -0.05) is 32.0 Å². The Morgan fingerprint density at radius 3 is 2.90 bits per heavy atom. The Labute approximate surface area is 119 Å². The number of aromatic nitrogens is 1. The Balaban J connectivity index is 2.02. The van der Waals surface area contributed by atoms with Crippen molar-refractivity contribution in [3.05, 3.63) is 35.5 Å². The smallest absolute Gasteiger partial charge is 0.224 e. The van der Waals surface area contributed by atoms with E-state index in [0.29, 0.717) is 13.1 Å². The molecule has 0 aliphatic rings. The second kappa shape index (κ2) is 6.57. The van der Waals surface area contributed by atoms with Gasteiger partial charge in [0.25, 0.3) is 0 Å². The lowest BCUT2D eigenvalue weighted by molar-refractivity contribution is -0.124. The van der Waals surface area contributed by atoms with Gasteiger partial charge in [-0.25, -0.2) is 0 Å². The highest BCUT2D eigenvalue weighted by atomic mass is 16.1. The number of hydrogen-bond acceptors (Lipinski definition) is 2. The van der Waals surface area contributed by atoms with Crippen molar-refractivity contribution in [2.24, 2.45) is 11.7 Å². The van der Waals surface area contributed by atoms with Gasteiger partial charge in [-0.05, 0) is 24.0 Å². The predicted molar refractivity (Wildman–Crippen MR) is 82.6 cm³/mol. The minimum atomic E-state index is -0.121. The van der Waals surface area contributed by atoms with Crippen LogP contribution >= 0.6 is 0 Å². The molecule has 0 aliphatic heterocycles. The third-order valence-corrected chi connectivity index (χ3v) is 3.76. The summed E-state index contributed by atoms with van der Waals surface area (Å²) in [7, 11) is 0. The van der Waals surface area contributed by atoms with Crippen LogP contribution in [0.4, 0.5) is 0 Å². The lowest BCUT2D eigenvalue weighted by atomic mass is 10.1. The lowest BCUT2D eigenvalue weighted by Crippen LogP contribution is -2.34. The van der Waals surface area contributed by atoms with Crippen LogP contribution in [-0.4, -0.2) is 24.0 Å². The van der Waals surface area contributed by atoms with E-state index in [1.165, 1.54) is 22.0 Å². The van der Waals surface area contributed by atoms with Crippen molar-refractivity contribution in [3.8, 4) is 0 Å². The topological polar surface area (TPSA) is 70.9 Å². The van der Waals surface area contributed by atoms with Crippen molar-refractivity contribution in [2.75, 3.05) is 13.1 Å². The SMILES string of the molecule is CCc1cccc2c(CCNC(=O)C(C)CN)c[nH]c12. The van der Waals surface area contributed by atoms with Gasteiger partial charge in [0.2, 0.25) is 5.91 Å². The molecule has 4 N–H and O–H groups in total. The molecule has 2 rings (SSSR count). The molecule has 0 aliphatic carbocycles. The molecule has 1 atom stereocenters. The maximum Gasteiger partial charge on any atom is 0.224 e. The summed E-state index contributed by atoms with van der Waals surface area (Å²) in [6.07, 6.45) is 3.89. The van der Waals surface area contributed by atoms with Gasteiger partial charge in [-0.3, -0.25) is 4.79 Å². The van der Waals surface area contributed by atoms with Crippen LogP contribution in [0.2, 0.25) is 0 Å². The van der Waals surface area contributed by atoms with E-state index >= 15 is 0 Å². The zero-order valence-corrected chi connectivity index (χ0v) is 12.2. The van der Waals surface area contributed by atoms with Crippen molar-refractivity contribution in [1.29, 1.82) is 0 Å². The van der Waals surface area contributed by atoms with Gasteiger partial charge in [0, 0.05) is 36.1 Å². The number of rotatable bonds is 6. The number of nitrogens with one attached hydrogen (secondary N) is 2. The van der Waals surface area contributed by atoms with Crippen molar-refractivity contribution in [3.63, 3.8) is 0 Å². The van der Waals surface area contributed by atoms with Gasteiger partial charge >= 0.3 is 0 Å². The maximum absolute atomic E-state index is 11.7. The average molecular weight is 273 g/mol. The van der Waals surface area contributed by atoms with E-state index in [9.17, 15) is 4.79 Å². The molecule has 2 aromatic rings. The summed E-state index contributed by atoms with van der Waals surface area (Å²) in [5.41, 5.74) is 9.27. The minimum Gasteiger partial charge on any atom is -0.361 e. The van der Waals surface area contributed by atoms with E-state index in [2.05, 4.69) is 35.4 Å². The van der Waals surface area contributed by atoms with Crippen LogP contribution in [0.5, 0.6) is 0 Å². The number of benzene rings is 1.